The summed E-state index contributed by atoms with van der Waals surface area (Å²) in [6, 6.07) is 9.48. The molecule has 1 aliphatic rings. The Morgan fingerprint density at radius 3 is 2.53 bits per heavy atom. The third kappa shape index (κ3) is 2.07. The lowest BCUT2D eigenvalue weighted by Crippen LogP contribution is -2.16. The first-order chi connectivity index (χ1) is 7.31. The SMILES string of the molecule is N#Cc1ccc([C@H]2CCCCC2=O)cc1. The molecule has 2 nitrogen and oxygen atoms in total. The van der Waals surface area contributed by atoms with Crippen molar-refractivity contribution in [3.8, 4) is 6.07 Å². The third-order valence-corrected chi connectivity index (χ3v) is 3.00. The van der Waals surface area contributed by atoms with Crippen molar-refractivity contribution in [1.82, 2.24) is 0 Å². The molecule has 1 aromatic rings. The topological polar surface area (TPSA) is 40.9 Å². The van der Waals surface area contributed by atoms with Crippen LogP contribution in [-0.2, 0) is 4.79 Å². The number of rotatable bonds is 1. The molecule has 1 aromatic carbocycles. The molecule has 0 aliphatic heterocycles. The molecule has 15 heavy (non-hydrogen) atoms. The first kappa shape index (κ1) is 9.92. The smallest absolute Gasteiger partial charge is 0.140 e. The third-order valence-electron chi connectivity index (χ3n) is 3.00. The number of carbonyl (C=O) groups is 1. The standard InChI is InChI=1S/C13H13NO/c14-9-10-5-7-11(8-6-10)12-3-1-2-4-13(12)15/h5-8,12H,1-4H2/t12-/m1/s1. The molecule has 1 aliphatic carbocycles. The van der Waals surface area contributed by atoms with Gasteiger partial charge in [0.1, 0.15) is 5.78 Å². The maximum absolute atomic E-state index is 11.7. The number of Topliss-reactive ketones (excluding diaryl/α,β-unsaturated/α-hetero) is 1. The predicted molar refractivity (Wildman–Crippen MR) is 57.4 cm³/mol. The lowest BCUT2D eigenvalue weighted by Gasteiger charge is -2.20. The van der Waals surface area contributed by atoms with Crippen LogP contribution in [0.5, 0.6) is 0 Å². The summed E-state index contributed by atoms with van der Waals surface area (Å²) >= 11 is 0. The minimum absolute atomic E-state index is 0.0755. The van der Waals surface area contributed by atoms with E-state index in [2.05, 4.69) is 6.07 Å². The van der Waals surface area contributed by atoms with Gasteiger partial charge in [-0.1, -0.05) is 18.6 Å². The highest BCUT2D eigenvalue weighted by Crippen LogP contribution is 2.29. The largest absolute Gasteiger partial charge is 0.299 e. The van der Waals surface area contributed by atoms with Gasteiger partial charge in [-0.05, 0) is 30.5 Å². The Labute approximate surface area is 89.5 Å². The second kappa shape index (κ2) is 4.27. The average Bonchev–Trinajstić information content (AvgIpc) is 2.30. The van der Waals surface area contributed by atoms with Gasteiger partial charge in [0.15, 0.2) is 0 Å². The van der Waals surface area contributed by atoms with Gasteiger partial charge in [0.05, 0.1) is 11.6 Å². The number of nitrogens with zero attached hydrogens (tertiary/aromatic N) is 1. The fourth-order valence-corrected chi connectivity index (χ4v) is 2.13. The Morgan fingerprint density at radius 1 is 1.20 bits per heavy atom. The number of carbonyl (C=O) groups excluding carboxylic acids is 1. The summed E-state index contributed by atoms with van der Waals surface area (Å²) in [4.78, 5) is 11.7. The molecular formula is C13H13NO. The van der Waals surface area contributed by atoms with E-state index in [-0.39, 0.29) is 5.92 Å². The van der Waals surface area contributed by atoms with E-state index in [1.807, 2.05) is 12.1 Å². The van der Waals surface area contributed by atoms with Crippen molar-refractivity contribution in [2.75, 3.05) is 0 Å². The summed E-state index contributed by atoms with van der Waals surface area (Å²) in [7, 11) is 0. The van der Waals surface area contributed by atoms with E-state index < -0.39 is 0 Å². The second-order valence-electron chi connectivity index (χ2n) is 4.00. The summed E-state index contributed by atoms with van der Waals surface area (Å²) in [5.41, 5.74) is 1.72. The van der Waals surface area contributed by atoms with Crippen LogP contribution in [0.15, 0.2) is 24.3 Å². The van der Waals surface area contributed by atoms with E-state index in [4.69, 9.17) is 5.26 Å². The maximum atomic E-state index is 11.7. The summed E-state index contributed by atoms with van der Waals surface area (Å²) in [6.07, 6.45) is 3.84. The number of ketones is 1. The van der Waals surface area contributed by atoms with Gasteiger partial charge in [-0.15, -0.1) is 0 Å². The van der Waals surface area contributed by atoms with Crippen molar-refractivity contribution < 1.29 is 4.79 Å². The maximum Gasteiger partial charge on any atom is 0.140 e. The minimum Gasteiger partial charge on any atom is -0.299 e. The fraction of sp³-hybridized carbons (Fsp3) is 0.385. The van der Waals surface area contributed by atoms with Crippen LogP contribution >= 0.6 is 0 Å². The van der Waals surface area contributed by atoms with E-state index in [1.54, 1.807) is 12.1 Å². The van der Waals surface area contributed by atoms with Crippen LogP contribution in [0.1, 0.15) is 42.7 Å². The first-order valence-electron chi connectivity index (χ1n) is 5.34. The number of hydrogen-bond acceptors (Lipinski definition) is 2. The number of hydrogen-bond donors (Lipinski definition) is 0. The van der Waals surface area contributed by atoms with Crippen LogP contribution in [0.25, 0.3) is 0 Å². The lowest BCUT2D eigenvalue weighted by molar-refractivity contribution is -0.121. The Bertz CT molecular complexity index is 400. The quantitative estimate of drug-likeness (QED) is 0.697. The van der Waals surface area contributed by atoms with Gasteiger partial charge in [-0.3, -0.25) is 4.79 Å². The molecule has 0 N–H and O–H groups in total. The van der Waals surface area contributed by atoms with Crippen molar-refractivity contribution in [3.63, 3.8) is 0 Å². The predicted octanol–water partition coefficient (Wildman–Crippen LogP) is 2.78. The van der Waals surface area contributed by atoms with Gasteiger partial charge in [-0.25, -0.2) is 0 Å². The van der Waals surface area contributed by atoms with Crippen LogP contribution in [-0.4, -0.2) is 5.78 Å². The second-order valence-corrected chi connectivity index (χ2v) is 4.00. The van der Waals surface area contributed by atoms with E-state index in [9.17, 15) is 4.79 Å². The lowest BCUT2D eigenvalue weighted by atomic mass is 9.83. The highest BCUT2D eigenvalue weighted by molar-refractivity contribution is 5.86. The Kier molecular flexibility index (Phi) is 2.82. The molecule has 0 bridgehead atoms. The van der Waals surface area contributed by atoms with E-state index >= 15 is 0 Å². The van der Waals surface area contributed by atoms with Crippen molar-refractivity contribution >= 4 is 5.78 Å². The van der Waals surface area contributed by atoms with Gasteiger partial charge < -0.3 is 0 Å². The zero-order chi connectivity index (χ0) is 10.7. The minimum atomic E-state index is 0.0755. The zero-order valence-corrected chi connectivity index (χ0v) is 8.57. The van der Waals surface area contributed by atoms with Gasteiger partial charge in [-0.2, -0.15) is 5.26 Å². The van der Waals surface area contributed by atoms with Crippen LogP contribution in [0.4, 0.5) is 0 Å². The normalized spacial score (nSPS) is 21.0. The fourth-order valence-electron chi connectivity index (χ4n) is 2.13. The molecule has 0 radical (unpaired) electrons. The van der Waals surface area contributed by atoms with E-state index in [0.717, 1.165) is 24.8 Å². The van der Waals surface area contributed by atoms with Crippen molar-refractivity contribution in [3.05, 3.63) is 35.4 Å². The Morgan fingerprint density at radius 2 is 1.93 bits per heavy atom. The Balaban J connectivity index is 2.21. The molecule has 2 rings (SSSR count). The molecule has 0 aromatic heterocycles. The molecular weight excluding hydrogens is 186 g/mol. The number of nitriles is 1. The summed E-state index contributed by atoms with van der Waals surface area (Å²) in [5.74, 6) is 0.428. The molecule has 76 valence electrons. The van der Waals surface area contributed by atoms with Gasteiger partial charge in [0.25, 0.3) is 0 Å². The molecule has 1 fully saturated rings. The molecule has 0 spiro atoms. The van der Waals surface area contributed by atoms with Crippen LogP contribution < -0.4 is 0 Å². The van der Waals surface area contributed by atoms with Gasteiger partial charge in [0, 0.05) is 12.3 Å². The molecule has 0 amide bonds. The zero-order valence-electron chi connectivity index (χ0n) is 8.57. The summed E-state index contributed by atoms with van der Waals surface area (Å²) < 4.78 is 0. The average molecular weight is 199 g/mol. The number of benzene rings is 1. The van der Waals surface area contributed by atoms with Crippen molar-refractivity contribution in [1.29, 1.82) is 5.26 Å². The highest BCUT2D eigenvalue weighted by Gasteiger charge is 2.23. The molecule has 2 heteroatoms. The summed E-state index contributed by atoms with van der Waals surface area (Å²) in [6.45, 7) is 0. The molecule has 0 saturated heterocycles. The molecule has 1 atom stereocenters. The van der Waals surface area contributed by atoms with Crippen LogP contribution in [0, 0.1) is 11.3 Å². The monoisotopic (exact) mass is 199 g/mol. The first-order valence-corrected chi connectivity index (χ1v) is 5.34. The van der Waals surface area contributed by atoms with Gasteiger partial charge in [0.2, 0.25) is 0 Å². The van der Waals surface area contributed by atoms with Crippen LogP contribution in [0.3, 0.4) is 0 Å². The van der Waals surface area contributed by atoms with Crippen molar-refractivity contribution in [2.45, 2.75) is 31.6 Å². The summed E-state index contributed by atoms with van der Waals surface area (Å²) in [5, 5.41) is 8.67. The Hall–Kier alpha value is -1.62. The van der Waals surface area contributed by atoms with Crippen LogP contribution in [0.2, 0.25) is 0 Å². The molecule has 0 heterocycles. The van der Waals surface area contributed by atoms with E-state index in [1.165, 1.54) is 0 Å². The molecule has 1 saturated carbocycles. The molecule has 0 unspecified atom stereocenters. The van der Waals surface area contributed by atoms with E-state index in [0.29, 0.717) is 17.8 Å². The van der Waals surface area contributed by atoms with Gasteiger partial charge >= 0.3 is 0 Å². The highest BCUT2D eigenvalue weighted by atomic mass is 16.1. The van der Waals surface area contributed by atoms with Crippen molar-refractivity contribution in [2.24, 2.45) is 0 Å².